The topological polar surface area (TPSA) is 94.1 Å². The average Bonchev–Trinajstić information content (AvgIpc) is 3.45. The third kappa shape index (κ3) is 3.23. The number of ether oxygens (including phenoxy) is 2. The monoisotopic (exact) mass is 338 g/mol. The van der Waals surface area contributed by atoms with Gasteiger partial charge in [0.25, 0.3) is 0 Å². The Balaban J connectivity index is 1.81. The molecule has 128 valence electrons. The Labute approximate surface area is 144 Å². The lowest BCUT2D eigenvalue weighted by Crippen LogP contribution is -2.08. The van der Waals surface area contributed by atoms with E-state index in [2.05, 4.69) is 30.6 Å². The first-order valence-electron chi connectivity index (χ1n) is 8.00. The summed E-state index contributed by atoms with van der Waals surface area (Å²) < 4.78 is 10.8. The smallest absolute Gasteiger partial charge is 0.230 e. The van der Waals surface area contributed by atoms with Crippen LogP contribution in [0.15, 0.2) is 30.7 Å². The van der Waals surface area contributed by atoms with E-state index in [1.165, 1.54) is 0 Å². The largest absolute Gasteiger partial charge is 0.493 e. The lowest BCUT2D eigenvalue weighted by molar-refractivity contribution is 0.356. The fourth-order valence-corrected chi connectivity index (χ4v) is 2.52. The number of anilines is 3. The van der Waals surface area contributed by atoms with Crippen molar-refractivity contribution in [1.29, 1.82) is 0 Å². The quantitative estimate of drug-likeness (QED) is 0.708. The van der Waals surface area contributed by atoms with Crippen LogP contribution in [-0.4, -0.2) is 40.2 Å². The summed E-state index contributed by atoms with van der Waals surface area (Å²) in [5, 5.41) is 7.42. The van der Waals surface area contributed by atoms with Crippen LogP contribution in [0.5, 0.6) is 11.5 Å². The second kappa shape index (κ2) is 6.39. The fraction of sp³-hybridized carbons (Fsp3) is 0.294. The fourth-order valence-electron chi connectivity index (χ4n) is 2.52. The summed E-state index contributed by atoms with van der Waals surface area (Å²) in [5.74, 6) is 3.06. The number of aromatic nitrogens is 4. The maximum atomic E-state index is 5.40. The van der Waals surface area contributed by atoms with E-state index in [-0.39, 0.29) is 0 Å². The number of benzene rings is 1. The van der Waals surface area contributed by atoms with Crippen LogP contribution in [0.3, 0.4) is 0 Å². The van der Waals surface area contributed by atoms with Gasteiger partial charge in [0.15, 0.2) is 17.3 Å². The summed E-state index contributed by atoms with van der Waals surface area (Å²) in [5.41, 5.74) is 0.752. The highest BCUT2D eigenvalue weighted by Gasteiger charge is 2.23. The molecular formula is C17H18N6O2. The first-order chi connectivity index (χ1) is 12.3. The highest BCUT2D eigenvalue weighted by atomic mass is 16.5. The maximum absolute atomic E-state index is 5.40. The minimum atomic E-state index is 0.448. The summed E-state index contributed by atoms with van der Waals surface area (Å²) in [6.45, 7) is 0. The third-order valence-electron chi connectivity index (χ3n) is 3.92. The zero-order valence-corrected chi connectivity index (χ0v) is 14.0. The zero-order chi connectivity index (χ0) is 17.2. The highest BCUT2D eigenvalue weighted by Crippen LogP contribution is 2.36. The van der Waals surface area contributed by atoms with E-state index in [1.54, 1.807) is 32.8 Å². The van der Waals surface area contributed by atoms with Crippen LogP contribution in [0.2, 0.25) is 0 Å². The molecule has 8 heteroatoms. The van der Waals surface area contributed by atoms with E-state index in [1.807, 2.05) is 12.1 Å². The molecule has 0 unspecified atom stereocenters. The number of nitrogens with one attached hydrogen (secondary N) is 2. The van der Waals surface area contributed by atoms with Gasteiger partial charge >= 0.3 is 0 Å². The number of hydrogen-bond donors (Lipinski definition) is 2. The lowest BCUT2D eigenvalue weighted by atomic mass is 10.2. The van der Waals surface area contributed by atoms with E-state index >= 15 is 0 Å². The molecule has 0 saturated heterocycles. The number of nitrogens with zero attached hydrogens (tertiary/aromatic N) is 4. The number of fused-ring (bicyclic) bond motifs is 1. The van der Waals surface area contributed by atoms with Gasteiger partial charge in [-0.15, -0.1) is 0 Å². The van der Waals surface area contributed by atoms with Gasteiger partial charge in [-0.2, -0.15) is 4.98 Å². The van der Waals surface area contributed by atoms with Crippen molar-refractivity contribution in [2.75, 3.05) is 24.9 Å². The van der Waals surface area contributed by atoms with Crippen molar-refractivity contribution < 1.29 is 9.47 Å². The van der Waals surface area contributed by atoms with Crippen LogP contribution < -0.4 is 20.1 Å². The van der Waals surface area contributed by atoms with Crippen LogP contribution >= 0.6 is 0 Å². The Bertz CT molecular complexity index is 899. The molecule has 1 saturated carbocycles. The minimum absolute atomic E-state index is 0.448. The Morgan fingerprint density at radius 1 is 1.04 bits per heavy atom. The van der Waals surface area contributed by atoms with Gasteiger partial charge in [-0.05, 0) is 18.9 Å². The van der Waals surface area contributed by atoms with E-state index < -0.39 is 0 Å². The summed E-state index contributed by atoms with van der Waals surface area (Å²) >= 11 is 0. The first-order valence-corrected chi connectivity index (χ1v) is 8.00. The number of hydrogen-bond acceptors (Lipinski definition) is 8. The second-order valence-electron chi connectivity index (χ2n) is 5.75. The van der Waals surface area contributed by atoms with Gasteiger partial charge in [0, 0.05) is 29.9 Å². The van der Waals surface area contributed by atoms with Crippen LogP contribution in [0.1, 0.15) is 12.8 Å². The molecule has 8 nitrogen and oxygen atoms in total. The molecule has 0 atom stereocenters. The van der Waals surface area contributed by atoms with Crippen molar-refractivity contribution in [1.82, 2.24) is 19.9 Å². The maximum Gasteiger partial charge on any atom is 0.230 e. The molecule has 2 heterocycles. The molecule has 1 aromatic carbocycles. The van der Waals surface area contributed by atoms with Gasteiger partial charge in [0.2, 0.25) is 5.95 Å². The van der Waals surface area contributed by atoms with Gasteiger partial charge in [0.1, 0.15) is 5.82 Å². The van der Waals surface area contributed by atoms with Crippen molar-refractivity contribution in [3.8, 4) is 11.5 Å². The van der Waals surface area contributed by atoms with Crippen molar-refractivity contribution in [3.05, 3.63) is 30.7 Å². The molecule has 0 bridgehead atoms. The van der Waals surface area contributed by atoms with E-state index in [4.69, 9.17) is 9.47 Å². The second-order valence-corrected chi connectivity index (χ2v) is 5.75. The molecule has 1 fully saturated rings. The number of methoxy groups -OCH3 is 2. The summed E-state index contributed by atoms with van der Waals surface area (Å²) in [4.78, 5) is 17.4. The molecule has 3 aromatic rings. The average molecular weight is 338 g/mol. The SMILES string of the molecule is COc1cc2nc(Nc3cnccn3)nc(NC3CC3)c2cc1OC. The summed E-state index contributed by atoms with van der Waals surface area (Å²) in [6, 6.07) is 4.19. The van der Waals surface area contributed by atoms with Crippen molar-refractivity contribution >= 4 is 28.5 Å². The molecule has 2 aromatic heterocycles. The predicted octanol–water partition coefficient (Wildman–Crippen LogP) is 2.75. The van der Waals surface area contributed by atoms with Crippen LogP contribution in [0.4, 0.5) is 17.6 Å². The van der Waals surface area contributed by atoms with Gasteiger partial charge in [-0.1, -0.05) is 0 Å². The molecular weight excluding hydrogens is 320 g/mol. The van der Waals surface area contributed by atoms with Gasteiger partial charge in [-0.25, -0.2) is 9.97 Å². The molecule has 1 aliphatic rings. The molecule has 2 N–H and O–H groups in total. The molecule has 0 aliphatic heterocycles. The third-order valence-corrected chi connectivity index (χ3v) is 3.92. The summed E-state index contributed by atoms with van der Waals surface area (Å²) in [7, 11) is 3.22. The van der Waals surface area contributed by atoms with Crippen LogP contribution in [-0.2, 0) is 0 Å². The highest BCUT2D eigenvalue weighted by molar-refractivity contribution is 5.93. The van der Waals surface area contributed by atoms with E-state index in [0.29, 0.717) is 29.3 Å². The Kier molecular flexibility index (Phi) is 3.93. The van der Waals surface area contributed by atoms with Crippen molar-refractivity contribution in [2.45, 2.75) is 18.9 Å². The van der Waals surface area contributed by atoms with Crippen molar-refractivity contribution in [2.24, 2.45) is 0 Å². The van der Waals surface area contributed by atoms with E-state index in [9.17, 15) is 0 Å². The number of rotatable bonds is 6. The Morgan fingerprint density at radius 3 is 2.52 bits per heavy atom. The lowest BCUT2D eigenvalue weighted by Gasteiger charge is -2.14. The van der Waals surface area contributed by atoms with Gasteiger partial charge < -0.3 is 20.1 Å². The molecule has 0 amide bonds. The zero-order valence-electron chi connectivity index (χ0n) is 14.0. The molecule has 4 rings (SSSR count). The first kappa shape index (κ1) is 15.4. The van der Waals surface area contributed by atoms with Gasteiger partial charge in [-0.3, -0.25) is 4.98 Å². The Hall–Kier alpha value is -3.16. The molecule has 25 heavy (non-hydrogen) atoms. The normalized spacial score (nSPS) is 13.5. The van der Waals surface area contributed by atoms with E-state index in [0.717, 1.165) is 29.6 Å². The van der Waals surface area contributed by atoms with Crippen LogP contribution in [0, 0.1) is 0 Å². The van der Waals surface area contributed by atoms with Gasteiger partial charge in [0.05, 0.1) is 25.9 Å². The van der Waals surface area contributed by atoms with Crippen molar-refractivity contribution in [3.63, 3.8) is 0 Å². The molecule has 1 aliphatic carbocycles. The van der Waals surface area contributed by atoms with Crippen LogP contribution in [0.25, 0.3) is 10.9 Å². The molecule has 0 spiro atoms. The minimum Gasteiger partial charge on any atom is -0.493 e. The Morgan fingerprint density at radius 2 is 1.84 bits per heavy atom. The molecule has 0 radical (unpaired) electrons. The summed E-state index contributed by atoms with van der Waals surface area (Å²) in [6.07, 6.45) is 7.14. The standard InChI is InChI=1S/C17H18N6O2/c1-24-13-7-11-12(8-14(13)25-2)21-17(22-15-9-18-5-6-19-15)23-16(11)20-10-3-4-10/h5-10H,3-4H2,1-2H3,(H2,19,20,21,22,23). The predicted molar refractivity (Wildman–Crippen MR) is 94.6 cm³/mol.